The normalized spacial score (nSPS) is 21.9. The Hall–Kier alpha value is -0.980. The maximum Gasteiger partial charge on any atom is 0.118 e. The molecule has 1 rings (SSSR count). The van der Waals surface area contributed by atoms with Gasteiger partial charge in [0.2, 0.25) is 0 Å². The van der Waals surface area contributed by atoms with E-state index in [9.17, 15) is 0 Å². The molecule has 1 saturated heterocycles. The molecule has 0 unspecified atom stereocenters. The molecule has 0 aromatic rings. The molecule has 0 aromatic carbocycles. The van der Waals surface area contributed by atoms with Gasteiger partial charge in [0, 0.05) is 0 Å². The minimum Gasteiger partial charge on any atom is -0.494 e. The van der Waals surface area contributed by atoms with Crippen molar-refractivity contribution in [3.8, 4) is 0 Å². The van der Waals surface area contributed by atoms with Crippen molar-refractivity contribution in [2.45, 2.75) is 40.0 Å². The van der Waals surface area contributed by atoms with Crippen LogP contribution >= 0.6 is 0 Å². The highest BCUT2D eigenvalue weighted by Gasteiger charge is 2.08. The van der Waals surface area contributed by atoms with Crippen LogP contribution in [0.5, 0.6) is 0 Å². The molecule has 0 N–H and O–H groups in total. The number of hydrogen-bond donors (Lipinski definition) is 0. The third kappa shape index (κ3) is 4.31. The van der Waals surface area contributed by atoms with Gasteiger partial charge < -0.3 is 4.74 Å². The summed E-state index contributed by atoms with van der Waals surface area (Å²) in [5, 5.41) is 0. The van der Waals surface area contributed by atoms with E-state index in [-0.39, 0.29) is 0 Å². The van der Waals surface area contributed by atoms with Crippen LogP contribution in [0.25, 0.3) is 0 Å². The van der Waals surface area contributed by atoms with Crippen molar-refractivity contribution in [1.82, 2.24) is 0 Å². The highest BCUT2D eigenvalue weighted by molar-refractivity contribution is 5.29. The lowest BCUT2D eigenvalue weighted by molar-refractivity contribution is 0.224. The Kier molecular flexibility index (Phi) is 8.01. The van der Waals surface area contributed by atoms with Crippen LogP contribution < -0.4 is 0 Å². The lowest BCUT2D eigenvalue weighted by atomic mass is 10.1. The Morgan fingerprint density at radius 2 is 2.00 bits per heavy atom. The standard InChI is InChI=1S/C11H16O.C2H6/c1-3-7-10-8-5-6-9-12-11(10)4-2;1-2/h3-4,7H,1,5-6,8-9H2,2H3;1-2H3/b10-7-,11-4+;. The molecule has 1 aliphatic rings. The van der Waals surface area contributed by atoms with Gasteiger partial charge in [0.1, 0.15) is 5.76 Å². The highest BCUT2D eigenvalue weighted by atomic mass is 16.5. The summed E-state index contributed by atoms with van der Waals surface area (Å²) in [5.74, 6) is 1.03. The first-order chi connectivity index (χ1) is 6.88. The smallest absolute Gasteiger partial charge is 0.118 e. The SMILES string of the molecule is C=C/C=C1/CCCCO/C1=C/C.CC. The predicted molar refractivity (Wildman–Crippen MR) is 63.2 cm³/mol. The van der Waals surface area contributed by atoms with Crippen molar-refractivity contribution in [1.29, 1.82) is 0 Å². The first kappa shape index (κ1) is 13.0. The van der Waals surface area contributed by atoms with E-state index >= 15 is 0 Å². The minimum absolute atomic E-state index is 0.855. The van der Waals surface area contributed by atoms with E-state index in [1.807, 2.05) is 39.0 Å². The Balaban J connectivity index is 0.000000791. The second-order valence-corrected chi connectivity index (χ2v) is 2.89. The fourth-order valence-electron chi connectivity index (χ4n) is 1.39. The summed E-state index contributed by atoms with van der Waals surface area (Å²) in [6.45, 7) is 10.6. The molecule has 0 radical (unpaired) electrons. The van der Waals surface area contributed by atoms with E-state index in [0.29, 0.717) is 0 Å². The van der Waals surface area contributed by atoms with Gasteiger partial charge in [0.05, 0.1) is 6.61 Å². The van der Waals surface area contributed by atoms with Crippen LogP contribution in [-0.2, 0) is 4.74 Å². The molecular weight excluding hydrogens is 172 g/mol. The minimum atomic E-state index is 0.855. The molecule has 0 amide bonds. The zero-order valence-electron chi connectivity index (χ0n) is 9.68. The molecule has 0 saturated carbocycles. The zero-order chi connectivity index (χ0) is 10.8. The summed E-state index contributed by atoms with van der Waals surface area (Å²) >= 11 is 0. The van der Waals surface area contributed by atoms with Crippen LogP contribution in [0, 0.1) is 0 Å². The number of allylic oxidation sites excluding steroid dienone is 4. The highest BCUT2D eigenvalue weighted by Crippen LogP contribution is 2.22. The Morgan fingerprint density at radius 3 is 2.57 bits per heavy atom. The zero-order valence-corrected chi connectivity index (χ0v) is 9.68. The van der Waals surface area contributed by atoms with E-state index < -0.39 is 0 Å². The molecular formula is C13H22O. The first-order valence-corrected chi connectivity index (χ1v) is 5.49. The number of rotatable bonds is 1. The van der Waals surface area contributed by atoms with Crippen LogP contribution in [0.1, 0.15) is 40.0 Å². The van der Waals surface area contributed by atoms with Crippen molar-refractivity contribution in [2.75, 3.05) is 6.61 Å². The summed E-state index contributed by atoms with van der Waals surface area (Å²) in [6.07, 6.45) is 9.39. The molecule has 80 valence electrons. The van der Waals surface area contributed by atoms with Gasteiger partial charge in [-0.2, -0.15) is 0 Å². The summed E-state index contributed by atoms with van der Waals surface area (Å²) in [6, 6.07) is 0. The maximum atomic E-state index is 5.56. The first-order valence-electron chi connectivity index (χ1n) is 5.49. The van der Waals surface area contributed by atoms with Crippen molar-refractivity contribution in [2.24, 2.45) is 0 Å². The number of hydrogen-bond acceptors (Lipinski definition) is 1. The van der Waals surface area contributed by atoms with Gasteiger partial charge >= 0.3 is 0 Å². The summed E-state index contributed by atoms with van der Waals surface area (Å²) in [4.78, 5) is 0. The largest absolute Gasteiger partial charge is 0.494 e. The average Bonchev–Trinajstić information content (AvgIpc) is 2.47. The van der Waals surface area contributed by atoms with Crippen LogP contribution in [-0.4, -0.2) is 6.61 Å². The molecule has 0 bridgehead atoms. The van der Waals surface area contributed by atoms with Gasteiger partial charge in [-0.3, -0.25) is 0 Å². The average molecular weight is 194 g/mol. The second-order valence-electron chi connectivity index (χ2n) is 2.89. The lowest BCUT2D eigenvalue weighted by Crippen LogP contribution is -1.92. The van der Waals surface area contributed by atoms with Gasteiger partial charge in [-0.25, -0.2) is 0 Å². The summed E-state index contributed by atoms with van der Waals surface area (Å²) < 4.78 is 5.56. The monoisotopic (exact) mass is 194 g/mol. The molecule has 1 nitrogen and oxygen atoms in total. The Labute approximate surface area is 88.2 Å². The molecule has 1 fully saturated rings. The van der Waals surface area contributed by atoms with E-state index in [2.05, 4.69) is 6.58 Å². The predicted octanol–water partition coefficient (Wildman–Crippen LogP) is 4.23. The third-order valence-corrected chi connectivity index (χ3v) is 2.00. The van der Waals surface area contributed by atoms with Gasteiger partial charge in [-0.05, 0) is 37.8 Å². The fourth-order valence-corrected chi connectivity index (χ4v) is 1.39. The van der Waals surface area contributed by atoms with Gasteiger partial charge in [0.15, 0.2) is 0 Å². The lowest BCUT2D eigenvalue weighted by Gasteiger charge is -2.07. The fraction of sp³-hybridized carbons (Fsp3) is 0.538. The maximum absolute atomic E-state index is 5.56. The molecule has 14 heavy (non-hydrogen) atoms. The van der Waals surface area contributed by atoms with E-state index in [1.54, 1.807) is 0 Å². The Bertz CT molecular complexity index is 211. The molecule has 1 aliphatic heterocycles. The quantitative estimate of drug-likeness (QED) is 0.607. The van der Waals surface area contributed by atoms with Crippen LogP contribution in [0.4, 0.5) is 0 Å². The van der Waals surface area contributed by atoms with Crippen molar-refractivity contribution >= 4 is 0 Å². The number of ether oxygens (including phenoxy) is 1. The van der Waals surface area contributed by atoms with Crippen molar-refractivity contribution in [3.63, 3.8) is 0 Å². The van der Waals surface area contributed by atoms with Crippen LogP contribution in [0.2, 0.25) is 0 Å². The third-order valence-electron chi connectivity index (χ3n) is 2.00. The molecule has 0 atom stereocenters. The molecule has 0 spiro atoms. The van der Waals surface area contributed by atoms with Gasteiger partial charge in [-0.15, -0.1) is 0 Å². The van der Waals surface area contributed by atoms with E-state index in [1.165, 1.54) is 12.0 Å². The Morgan fingerprint density at radius 1 is 1.29 bits per heavy atom. The van der Waals surface area contributed by atoms with E-state index in [4.69, 9.17) is 4.74 Å². The second kappa shape index (κ2) is 8.61. The summed E-state index contributed by atoms with van der Waals surface area (Å²) in [7, 11) is 0. The molecule has 0 aromatic heterocycles. The van der Waals surface area contributed by atoms with Crippen LogP contribution in [0.3, 0.4) is 0 Å². The molecule has 0 aliphatic carbocycles. The summed E-state index contributed by atoms with van der Waals surface area (Å²) in [5.41, 5.74) is 1.28. The van der Waals surface area contributed by atoms with Crippen LogP contribution in [0.15, 0.2) is 36.1 Å². The van der Waals surface area contributed by atoms with Gasteiger partial charge in [0.25, 0.3) is 0 Å². The van der Waals surface area contributed by atoms with Crippen molar-refractivity contribution < 1.29 is 4.74 Å². The van der Waals surface area contributed by atoms with Crippen molar-refractivity contribution in [3.05, 3.63) is 36.1 Å². The topological polar surface area (TPSA) is 9.23 Å². The molecule has 1 heteroatoms. The molecule has 1 heterocycles. The van der Waals surface area contributed by atoms with Gasteiger partial charge in [-0.1, -0.05) is 32.6 Å². The van der Waals surface area contributed by atoms with E-state index in [0.717, 1.165) is 25.2 Å².